The van der Waals surface area contributed by atoms with Crippen molar-refractivity contribution in [1.82, 2.24) is 10.6 Å². The minimum Gasteiger partial charge on any atom is -0.355 e. The number of hydrogen-bond acceptors (Lipinski definition) is 2. The molecule has 0 bridgehead atoms. The predicted octanol–water partition coefficient (Wildman–Crippen LogP) is 6.00. The summed E-state index contributed by atoms with van der Waals surface area (Å²) in [5.74, 6) is 0.357. The summed E-state index contributed by atoms with van der Waals surface area (Å²) in [6, 6.07) is 40.1. The van der Waals surface area contributed by atoms with E-state index in [9.17, 15) is 4.79 Å². The highest BCUT2D eigenvalue weighted by atomic mass is 16.1. The zero-order valence-electron chi connectivity index (χ0n) is 19.9. The molecule has 0 saturated carbocycles. The van der Waals surface area contributed by atoms with Gasteiger partial charge in [0.1, 0.15) is 0 Å². The van der Waals surface area contributed by atoms with Crippen LogP contribution in [0.5, 0.6) is 0 Å². The van der Waals surface area contributed by atoms with E-state index in [4.69, 9.17) is 0 Å². The van der Waals surface area contributed by atoms with Crippen LogP contribution in [0, 0.1) is 5.92 Å². The fraction of sp³-hybridized carbons (Fsp3) is 0.219. The first-order valence-corrected chi connectivity index (χ1v) is 12.5. The SMILES string of the molecule is O=C(NCC(c1ccccc1)c1ccccc1)[C@H]1CNCC[C@@H]1c1cccc(-c2ccccc2)c1. The lowest BCUT2D eigenvalue weighted by atomic mass is 9.79. The number of carbonyl (C=O) groups excluding carboxylic acids is 1. The molecular formula is C32H32N2O. The van der Waals surface area contributed by atoms with Crippen molar-refractivity contribution in [1.29, 1.82) is 0 Å². The Kier molecular flexibility index (Phi) is 7.35. The summed E-state index contributed by atoms with van der Waals surface area (Å²) in [6.45, 7) is 2.22. The van der Waals surface area contributed by atoms with E-state index in [0.29, 0.717) is 13.1 Å². The molecule has 35 heavy (non-hydrogen) atoms. The third kappa shape index (κ3) is 5.52. The molecule has 1 heterocycles. The van der Waals surface area contributed by atoms with E-state index in [-0.39, 0.29) is 23.7 Å². The van der Waals surface area contributed by atoms with Gasteiger partial charge in [0.2, 0.25) is 5.91 Å². The van der Waals surface area contributed by atoms with Crippen LogP contribution in [0.1, 0.15) is 34.9 Å². The van der Waals surface area contributed by atoms with Crippen molar-refractivity contribution in [2.75, 3.05) is 19.6 Å². The first-order chi connectivity index (χ1) is 17.3. The minimum absolute atomic E-state index is 0.0954. The second kappa shape index (κ2) is 11.2. The second-order valence-electron chi connectivity index (χ2n) is 9.32. The molecule has 176 valence electrons. The van der Waals surface area contributed by atoms with Crippen molar-refractivity contribution >= 4 is 5.91 Å². The molecule has 1 saturated heterocycles. The van der Waals surface area contributed by atoms with Gasteiger partial charge in [0.15, 0.2) is 0 Å². The van der Waals surface area contributed by atoms with Gasteiger partial charge < -0.3 is 10.6 Å². The number of rotatable bonds is 7. The van der Waals surface area contributed by atoms with Gasteiger partial charge in [-0.25, -0.2) is 0 Å². The summed E-state index contributed by atoms with van der Waals surface area (Å²) < 4.78 is 0. The lowest BCUT2D eigenvalue weighted by Crippen LogP contribution is -2.45. The van der Waals surface area contributed by atoms with Gasteiger partial charge in [-0.05, 0) is 46.7 Å². The van der Waals surface area contributed by atoms with Gasteiger partial charge in [-0.1, -0.05) is 115 Å². The lowest BCUT2D eigenvalue weighted by molar-refractivity contribution is -0.126. The Bertz CT molecular complexity index is 1180. The summed E-state index contributed by atoms with van der Waals surface area (Å²) >= 11 is 0. The van der Waals surface area contributed by atoms with E-state index >= 15 is 0 Å². The molecule has 1 aliphatic rings. The highest BCUT2D eigenvalue weighted by Crippen LogP contribution is 2.33. The monoisotopic (exact) mass is 460 g/mol. The van der Waals surface area contributed by atoms with Gasteiger partial charge in [-0.15, -0.1) is 0 Å². The van der Waals surface area contributed by atoms with Gasteiger partial charge in [0, 0.05) is 19.0 Å². The number of amides is 1. The van der Waals surface area contributed by atoms with Gasteiger partial charge >= 0.3 is 0 Å². The van der Waals surface area contributed by atoms with E-state index in [1.807, 2.05) is 18.2 Å². The van der Waals surface area contributed by atoms with Crippen molar-refractivity contribution in [2.24, 2.45) is 5.92 Å². The normalized spacial score (nSPS) is 17.7. The molecule has 3 nitrogen and oxygen atoms in total. The van der Waals surface area contributed by atoms with Crippen LogP contribution in [0.3, 0.4) is 0 Å². The maximum Gasteiger partial charge on any atom is 0.225 e. The highest BCUT2D eigenvalue weighted by molar-refractivity contribution is 5.80. The van der Waals surface area contributed by atoms with Crippen LogP contribution in [0.25, 0.3) is 11.1 Å². The van der Waals surface area contributed by atoms with Crippen molar-refractivity contribution in [3.8, 4) is 11.1 Å². The molecule has 1 amide bonds. The number of nitrogens with one attached hydrogen (secondary N) is 2. The Balaban J connectivity index is 1.34. The number of piperidine rings is 1. The molecule has 0 aromatic heterocycles. The van der Waals surface area contributed by atoms with E-state index in [1.165, 1.54) is 27.8 Å². The largest absolute Gasteiger partial charge is 0.355 e. The number of carbonyl (C=O) groups is 1. The van der Waals surface area contributed by atoms with Crippen LogP contribution in [0.2, 0.25) is 0 Å². The molecule has 2 atom stereocenters. The Labute approximate surface area is 208 Å². The van der Waals surface area contributed by atoms with E-state index in [1.54, 1.807) is 0 Å². The Morgan fingerprint density at radius 2 is 1.37 bits per heavy atom. The van der Waals surface area contributed by atoms with Gasteiger partial charge in [-0.2, -0.15) is 0 Å². The van der Waals surface area contributed by atoms with Crippen LogP contribution in [0.4, 0.5) is 0 Å². The van der Waals surface area contributed by atoms with Crippen LogP contribution in [-0.2, 0) is 4.79 Å². The molecule has 4 aromatic rings. The van der Waals surface area contributed by atoms with E-state index < -0.39 is 0 Å². The Morgan fingerprint density at radius 3 is 2.03 bits per heavy atom. The summed E-state index contributed by atoms with van der Waals surface area (Å²) in [6.07, 6.45) is 0.955. The van der Waals surface area contributed by atoms with E-state index in [0.717, 1.165) is 13.0 Å². The molecule has 1 aliphatic heterocycles. The standard InChI is InChI=1S/C32H32N2O/c35-32(34-23-30(25-13-6-2-7-14-25)26-15-8-3-9-16-26)31-22-33-20-19-29(31)28-18-10-17-27(21-28)24-11-4-1-5-12-24/h1-18,21,29-31,33H,19-20,22-23H2,(H,34,35)/t29-,31+/m1/s1. The second-order valence-corrected chi connectivity index (χ2v) is 9.32. The topological polar surface area (TPSA) is 41.1 Å². The molecule has 4 aromatic carbocycles. The third-order valence-electron chi connectivity index (χ3n) is 7.13. The molecule has 0 unspecified atom stereocenters. The Morgan fingerprint density at radius 1 is 0.771 bits per heavy atom. The Hall–Kier alpha value is -3.69. The maximum absolute atomic E-state index is 13.6. The summed E-state index contributed by atoms with van der Waals surface area (Å²) in [5.41, 5.74) is 6.09. The van der Waals surface area contributed by atoms with Crippen LogP contribution < -0.4 is 10.6 Å². The molecule has 0 radical (unpaired) electrons. The van der Waals surface area contributed by atoms with Gasteiger partial charge in [-0.3, -0.25) is 4.79 Å². The van der Waals surface area contributed by atoms with Crippen molar-refractivity contribution in [3.05, 3.63) is 132 Å². The quantitative estimate of drug-likeness (QED) is 0.355. The fourth-order valence-electron chi connectivity index (χ4n) is 5.25. The van der Waals surface area contributed by atoms with Gasteiger partial charge in [0.25, 0.3) is 0 Å². The predicted molar refractivity (Wildman–Crippen MR) is 143 cm³/mol. The first kappa shape index (κ1) is 23.1. The summed E-state index contributed by atoms with van der Waals surface area (Å²) in [5, 5.41) is 6.77. The smallest absolute Gasteiger partial charge is 0.225 e. The molecule has 5 rings (SSSR count). The van der Waals surface area contributed by atoms with Crippen molar-refractivity contribution < 1.29 is 4.79 Å². The number of benzene rings is 4. The number of hydrogen-bond donors (Lipinski definition) is 2. The van der Waals surface area contributed by atoms with Gasteiger partial charge in [0.05, 0.1) is 5.92 Å². The molecule has 0 aliphatic carbocycles. The zero-order valence-corrected chi connectivity index (χ0v) is 19.9. The summed E-state index contributed by atoms with van der Waals surface area (Å²) in [4.78, 5) is 13.6. The molecule has 0 spiro atoms. The fourth-order valence-corrected chi connectivity index (χ4v) is 5.25. The molecule has 3 heteroatoms. The lowest BCUT2D eigenvalue weighted by Gasteiger charge is -2.32. The van der Waals surface area contributed by atoms with Crippen LogP contribution in [0.15, 0.2) is 115 Å². The van der Waals surface area contributed by atoms with Crippen molar-refractivity contribution in [2.45, 2.75) is 18.3 Å². The molecule has 2 N–H and O–H groups in total. The van der Waals surface area contributed by atoms with E-state index in [2.05, 4.69) is 108 Å². The third-order valence-corrected chi connectivity index (χ3v) is 7.13. The minimum atomic E-state index is -0.0954. The average Bonchev–Trinajstić information content (AvgIpc) is 2.95. The maximum atomic E-state index is 13.6. The van der Waals surface area contributed by atoms with Crippen LogP contribution in [-0.4, -0.2) is 25.5 Å². The molecule has 1 fully saturated rings. The zero-order chi connectivity index (χ0) is 23.9. The first-order valence-electron chi connectivity index (χ1n) is 12.5. The highest BCUT2D eigenvalue weighted by Gasteiger charge is 2.32. The van der Waals surface area contributed by atoms with Crippen molar-refractivity contribution in [3.63, 3.8) is 0 Å². The average molecular weight is 461 g/mol. The van der Waals surface area contributed by atoms with Crippen LogP contribution >= 0.6 is 0 Å². The molecular weight excluding hydrogens is 428 g/mol. The summed E-state index contributed by atoms with van der Waals surface area (Å²) in [7, 11) is 0.